The Morgan fingerprint density at radius 1 is 0.943 bits per heavy atom. The van der Waals surface area contributed by atoms with Gasteiger partial charge in [-0.1, -0.05) is 91.9 Å². The second-order valence-corrected chi connectivity index (χ2v) is 20.2. The number of benzene rings is 4. The van der Waals surface area contributed by atoms with E-state index in [0.717, 1.165) is 45.9 Å². The molecule has 0 aliphatic carbocycles. The van der Waals surface area contributed by atoms with E-state index in [0.29, 0.717) is 25.9 Å². The Balaban J connectivity index is 1.15. The molecule has 4 heterocycles. The maximum absolute atomic E-state index is 15.2. The molecular weight excluding hydrogens is 683 g/mol. The first-order chi connectivity index (χ1) is 25.6. The number of carbonyl (C=O) groups is 3. The van der Waals surface area contributed by atoms with Gasteiger partial charge in [-0.2, -0.15) is 0 Å². The van der Waals surface area contributed by atoms with Gasteiger partial charge in [-0.25, -0.2) is 0 Å². The standard InChI is InChI=1S/C43H47N3O6Si/c1-28-41(53(3,4)35-19-17-34(51-2)18-20-35)38(24-40(49)45-26-31-10-6-5-9-30(31)23-33(45)27-47)52-43(28)36-11-7-8-12-37(36)46(42(43)50)25-29-13-15-32(16-14-29)44-22-21-39(44)48/h5-20,28,33,38,41,47H,21-27H2,1-4H3/t28-,33+,38+,41-,43+/m1/s1. The number of amides is 3. The first-order valence-corrected chi connectivity index (χ1v) is 21.7. The van der Waals surface area contributed by atoms with Crippen LogP contribution >= 0.6 is 0 Å². The lowest BCUT2D eigenvalue weighted by Crippen LogP contribution is -2.52. The van der Waals surface area contributed by atoms with Crippen molar-refractivity contribution in [2.24, 2.45) is 5.92 Å². The largest absolute Gasteiger partial charge is 0.497 e. The zero-order chi connectivity index (χ0) is 37.1. The summed E-state index contributed by atoms with van der Waals surface area (Å²) in [6.07, 6.45) is 0.730. The molecule has 0 saturated carbocycles. The first-order valence-electron chi connectivity index (χ1n) is 18.7. The van der Waals surface area contributed by atoms with Crippen LogP contribution in [0.4, 0.5) is 11.4 Å². The number of hydrogen-bond donors (Lipinski definition) is 1. The maximum atomic E-state index is 15.2. The van der Waals surface area contributed by atoms with Crippen molar-refractivity contribution in [3.8, 4) is 5.75 Å². The predicted octanol–water partition coefficient (Wildman–Crippen LogP) is 5.53. The van der Waals surface area contributed by atoms with Crippen molar-refractivity contribution < 1.29 is 29.0 Å². The van der Waals surface area contributed by atoms with E-state index in [-0.39, 0.29) is 48.3 Å². The third-order valence-electron chi connectivity index (χ3n) is 12.4. The number of methoxy groups -OCH3 is 1. The highest BCUT2D eigenvalue weighted by Gasteiger charge is 2.66. The van der Waals surface area contributed by atoms with Crippen molar-refractivity contribution in [1.29, 1.82) is 0 Å². The van der Waals surface area contributed by atoms with Crippen LogP contribution in [0.3, 0.4) is 0 Å². The molecule has 4 aromatic carbocycles. The Labute approximate surface area is 312 Å². The summed E-state index contributed by atoms with van der Waals surface area (Å²) in [5.74, 6) is 0.453. The second kappa shape index (κ2) is 13.6. The lowest BCUT2D eigenvalue weighted by molar-refractivity contribution is -0.151. The second-order valence-electron chi connectivity index (χ2n) is 15.6. The summed E-state index contributed by atoms with van der Waals surface area (Å²) in [5.41, 5.74) is 4.32. The highest BCUT2D eigenvalue weighted by Crippen LogP contribution is 2.60. The van der Waals surface area contributed by atoms with Gasteiger partial charge in [-0.15, -0.1) is 0 Å². The summed E-state index contributed by atoms with van der Waals surface area (Å²) in [6, 6.07) is 31.8. The fourth-order valence-electron chi connectivity index (χ4n) is 9.51. The van der Waals surface area contributed by atoms with E-state index in [1.165, 1.54) is 5.19 Å². The zero-order valence-corrected chi connectivity index (χ0v) is 31.8. The van der Waals surface area contributed by atoms with Gasteiger partial charge in [-0.05, 0) is 59.0 Å². The summed E-state index contributed by atoms with van der Waals surface area (Å²) in [7, 11) is -0.815. The number of aliphatic hydroxyl groups excluding tert-OH is 1. The molecule has 274 valence electrons. The molecule has 4 aliphatic rings. The van der Waals surface area contributed by atoms with E-state index in [1.807, 2.05) is 82.6 Å². The lowest BCUT2D eigenvalue weighted by atomic mass is 9.82. The van der Waals surface area contributed by atoms with Crippen LogP contribution < -0.4 is 19.7 Å². The number of carbonyl (C=O) groups excluding carboxylic acids is 3. The monoisotopic (exact) mass is 729 g/mol. The summed E-state index contributed by atoms with van der Waals surface area (Å²) >= 11 is 0. The van der Waals surface area contributed by atoms with Crippen molar-refractivity contribution in [3.05, 3.63) is 119 Å². The molecule has 0 bridgehead atoms. The Morgan fingerprint density at radius 2 is 1.64 bits per heavy atom. The zero-order valence-electron chi connectivity index (χ0n) is 30.8. The molecular formula is C43H47N3O6Si. The molecule has 5 atom stereocenters. The highest BCUT2D eigenvalue weighted by atomic mass is 28.3. The SMILES string of the molecule is COc1ccc([Si](C)(C)[C@H]2[C@H](CC(=O)N3Cc4ccccc4C[C@H]3CO)O[C@@]3(C(=O)N(Cc4ccc(N5CCC5=O)cc4)c4ccccc43)[C@@H]2C)cc1. The van der Waals surface area contributed by atoms with Gasteiger partial charge in [-0.3, -0.25) is 14.4 Å². The molecule has 1 spiro atoms. The van der Waals surface area contributed by atoms with Crippen LogP contribution in [-0.2, 0) is 44.2 Å². The molecule has 0 unspecified atom stereocenters. The van der Waals surface area contributed by atoms with Crippen LogP contribution in [0, 0.1) is 5.92 Å². The Morgan fingerprint density at radius 3 is 2.30 bits per heavy atom. The van der Waals surface area contributed by atoms with Crippen LogP contribution in [-0.4, -0.2) is 68.2 Å². The van der Waals surface area contributed by atoms with Gasteiger partial charge in [0.15, 0.2) is 5.60 Å². The molecule has 0 radical (unpaired) electrons. The number of hydrogen-bond acceptors (Lipinski definition) is 6. The predicted molar refractivity (Wildman–Crippen MR) is 207 cm³/mol. The smallest absolute Gasteiger partial charge is 0.264 e. The van der Waals surface area contributed by atoms with Crippen molar-refractivity contribution in [3.63, 3.8) is 0 Å². The van der Waals surface area contributed by atoms with Crippen LogP contribution in [0.1, 0.15) is 42.0 Å². The van der Waals surface area contributed by atoms with E-state index in [4.69, 9.17) is 9.47 Å². The van der Waals surface area contributed by atoms with Crippen LogP contribution in [0.5, 0.6) is 5.75 Å². The molecule has 9 nitrogen and oxygen atoms in total. The van der Waals surface area contributed by atoms with E-state index in [2.05, 4.69) is 44.3 Å². The molecule has 10 heteroatoms. The number of rotatable bonds is 9. The number of ether oxygens (including phenoxy) is 2. The van der Waals surface area contributed by atoms with E-state index in [9.17, 15) is 14.7 Å². The molecule has 4 aliphatic heterocycles. The van der Waals surface area contributed by atoms with Gasteiger partial charge >= 0.3 is 0 Å². The minimum Gasteiger partial charge on any atom is -0.497 e. The molecule has 53 heavy (non-hydrogen) atoms. The molecule has 3 amide bonds. The van der Waals surface area contributed by atoms with E-state index < -0.39 is 19.8 Å². The van der Waals surface area contributed by atoms with Crippen LogP contribution in [0.2, 0.25) is 18.6 Å². The van der Waals surface area contributed by atoms with E-state index in [1.54, 1.807) is 12.0 Å². The number of nitrogens with zero attached hydrogens (tertiary/aromatic N) is 3. The Bertz CT molecular complexity index is 2050. The van der Waals surface area contributed by atoms with Crippen molar-refractivity contribution in [2.45, 2.75) is 75.7 Å². The maximum Gasteiger partial charge on any atom is 0.264 e. The summed E-state index contributed by atoms with van der Waals surface area (Å²) in [6.45, 7) is 8.14. The fraction of sp³-hybridized carbons (Fsp3) is 0.372. The summed E-state index contributed by atoms with van der Waals surface area (Å²) in [4.78, 5) is 47.1. The topological polar surface area (TPSA) is 99.6 Å². The van der Waals surface area contributed by atoms with Gasteiger partial charge in [0, 0.05) is 36.7 Å². The Kier molecular flexibility index (Phi) is 9.03. The first kappa shape index (κ1) is 35.3. The van der Waals surface area contributed by atoms with Gasteiger partial charge in [0.25, 0.3) is 5.91 Å². The third kappa shape index (κ3) is 5.78. The number of aliphatic hydroxyl groups is 1. The van der Waals surface area contributed by atoms with E-state index >= 15 is 4.79 Å². The van der Waals surface area contributed by atoms with Crippen LogP contribution in [0.15, 0.2) is 97.1 Å². The van der Waals surface area contributed by atoms with Gasteiger partial charge in [0.2, 0.25) is 11.8 Å². The van der Waals surface area contributed by atoms with Crippen LogP contribution in [0.25, 0.3) is 0 Å². The quantitative estimate of drug-likeness (QED) is 0.180. The number of β-lactam (4-membered cyclic amide) rings is 1. The number of anilines is 2. The highest BCUT2D eigenvalue weighted by molar-refractivity contribution is 6.91. The van der Waals surface area contributed by atoms with Crippen molar-refractivity contribution in [2.75, 3.05) is 30.1 Å². The average Bonchev–Trinajstić information content (AvgIpc) is 3.60. The number of para-hydroxylation sites is 1. The van der Waals surface area contributed by atoms with Gasteiger partial charge in [0.05, 0.1) is 52.6 Å². The number of fused-ring (bicyclic) bond motifs is 3. The fourth-order valence-corrected chi connectivity index (χ4v) is 13.5. The van der Waals surface area contributed by atoms with Gasteiger partial charge in [0.1, 0.15) is 5.75 Å². The molecule has 2 fully saturated rings. The van der Waals surface area contributed by atoms with Crippen molar-refractivity contribution in [1.82, 2.24) is 4.90 Å². The summed E-state index contributed by atoms with van der Waals surface area (Å²) in [5, 5.41) is 11.6. The third-order valence-corrected chi connectivity index (χ3v) is 16.8. The average molecular weight is 730 g/mol. The Hall–Kier alpha value is -4.77. The molecule has 8 rings (SSSR count). The lowest BCUT2D eigenvalue weighted by Gasteiger charge is -2.39. The molecule has 4 aromatic rings. The normalized spacial score (nSPS) is 25.0. The minimum atomic E-state index is -2.47. The van der Waals surface area contributed by atoms with Gasteiger partial charge < -0.3 is 29.3 Å². The molecule has 2 saturated heterocycles. The summed E-state index contributed by atoms with van der Waals surface area (Å²) < 4.78 is 12.7. The van der Waals surface area contributed by atoms with Crippen molar-refractivity contribution >= 4 is 42.4 Å². The molecule has 1 N–H and O–H groups in total. The molecule has 0 aromatic heterocycles. The minimum absolute atomic E-state index is 0.0753.